The molecule has 22 heavy (non-hydrogen) atoms. The standard InChI is InChI=1S/C15H25N3O2S.ClH/c1-15-6-3-13(19)18(15)12(10-21-15)14(20)17-7-4-11(5-8-17)9-16-2;/h11-12,16H,3-10H2,1-2H3;1H. The Hall–Kier alpha value is -0.460. The lowest BCUT2D eigenvalue weighted by Crippen LogP contribution is -2.53. The van der Waals surface area contributed by atoms with Crippen molar-refractivity contribution in [3.8, 4) is 0 Å². The average molecular weight is 348 g/mol. The first-order valence-corrected chi connectivity index (χ1v) is 8.93. The lowest BCUT2D eigenvalue weighted by atomic mass is 9.96. The van der Waals surface area contributed by atoms with E-state index in [1.807, 2.05) is 16.8 Å². The van der Waals surface area contributed by atoms with Crippen molar-refractivity contribution in [2.24, 2.45) is 5.92 Å². The summed E-state index contributed by atoms with van der Waals surface area (Å²) in [6.07, 6.45) is 3.61. The SMILES string of the molecule is CNCC1CCN(C(=O)C2CSC3(C)CCC(=O)N23)CC1.Cl. The zero-order chi connectivity index (χ0) is 15.0. The van der Waals surface area contributed by atoms with Gasteiger partial charge in [-0.05, 0) is 45.7 Å². The largest absolute Gasteiger partial charge is 0.341 e. The van der Waals surface area contributed by atoms with Crippen LogP contribution < -0.4 is 5.32 Å². The van der Waals surface area contributed by atoms with Crippen LogP contribution in [0.4, 0.5) is 0 Å². The van der Waals surface area contributed by atoms with Crippen LogP contribution in [0.15, 0.2) is 0 Å². The molecule has 2 atom stereocenters. The minimum absolute atomic E-state index is 0. The Morgan fingerprint density at radius 3 is 2.73 bits per heavy atom. The first-order valence-electron chi connectivity index (χ1n) is 7.94. The molecule has 7 heteroatoms. The number of hydrogen-bond donors (Lipinski definition) is 1. The van der Waals surface area contributed by atoms with Crippen molar-refractivity contribution in [2.45, 2.75) is 43.5 Å². The van der Waals surface area contributed by atoms with E-state index >= 15 is 0 Å². The summed E-state index contributed by atoms with van der Waals surface area (Å²) < 4.78 is 0. The molecule has 0 aliphatic carbocycles. The van der Waals surface area contributed by atoms with Crippen LogP contribution in [-0.2, 0) is 9.59 Å². The number of rotatable bonds is 3. The van der Waals surface area contributed by atoms with E-state index in [1.165, 1.54) is 0 Å². The Morgan fingerprint density at radius 2 is 2.09 bits per heavy atom. The van der Waals surface area contributed by atoms with Gasteiger partial charge in [-0.2, -0.15) is 0 Å². The zero-order valence-corrected chi connectivity index (χ0v) is 15.0. The van der Waals surface area contributed by atoms with Crippen molar-refractivity contribution < 1.29 is 9.59 Å². The maximum absolute atomic E-state index is 12.8. The Bertz CT molecular complexity index is 443. The summed E-state index contributed by atoms with van der Waals surface area (Å²) in [6.45, 7) is 4.81. The molecule has 3 heterocycles. The molecule has 0 saturated carbocycles. The molecule has 0 aromatic rings. The van der Waals surface area contributed by atoms with Crippen LogP contribution in [0.25, 0.3) is 0 Å². The van der Waals surface area contributed by atoms with E-state index in [0.717, 1.165) is 44.6 Å². The summed E-state index contributed by atoms with van der Waals surface area (Å²) in [4.78, 5) is 28.6. The molecule has 2 amide bonds. The minimum atomic E-state index is -0.226. The molecule has 0 aromatic carbocycles. The van der Waals surface area contributed by atoms with Crippen LogP contribution in [0.3, 0.4) is 0 Å². The highest BCUT2D eigenvalue weighted by Gasteiger charge is 2.53. The van der Waals surface area contributed by atoms with E-state index in [0.29, 0.717) is 12.3 Å². The molecule has 2 unspecified atom stereocenters. The van der Waals surface area contributed by atoms with E-state index in [2.05, 4.69) is 12.2 Å². The predicted molar refractivity (Wildman–Crippen MR) is 91.2 cm³/mol. The van der Waals surface area contributed by atoms with Gasteiger partial charge in [0, 0.05) is 25.3 Å². The fourth-order valence-corrected chi connectivity index (χ4v) is 5.28. The third-order valence-electron chi connectivity index (χ3n) is 5.15. The van der Waals surface area contributed by atoms with Gasteiger partial charge >= 0.3 is 0 Å². The Morgan fingerprint density at radius 1 is 1.41 bits per heavy atom. The summed E-state index contributed by atoms with van der Waals surface area (Å²) in [5, 5.41) is 3.22. The maximum Gasteiger partial charge on any atom is 0.246 e. The number of piperidine rings is 1. The minimum Gasteiger partial charge on any atom is -0.341 e. The third-order valence-corrected chi connectivity index (χ3v) is 6.65. The van der Waals surface area contributed by atoms with Crippen molar-refractivity contribution >= 4 is 36.0 Å². The molecule has 3 fully saturated rings. The molecule has 3 aliphatic heterocycles. The van der Waals surface area contributed by atoms with Gasteiger partial charge in [0.1, 0.15) is 6.04 Å². The number of nitrogens with one attached hydrogen (secondary N) is 1. The highest BCUT2D eigenvalue weighted by molar-refractivity contribution is 8.01. The van der Waals surface area contributed by atoms with Gasteiger partial charge in [0.05, 0.1) is 4.87 Å². The molecule has 3 saturated heterocycles. The van der Waals surface area contributed by atoms with Crippen LogP contribution in [-0.4, -0.2) is 65.0 Å². The van der Waals surface area contributed by atoms with Crippen LogP contribution in [0, 0.1) is 5.92 Å². The number of hydrogen-bond acceptors (Lipinski definition) is 4. The molecule has 3 aliphatic rings. The smallest absolute Gasteiger partial charge is 0.246 e. The van der Waals surface area contributed by atoms with Crippen LogP contribution in [0.2, 0.25) is 0 Å². The van der Waals surface area contributed by atoms with E-state index in [9.17, 15) is 9.59 Å². The molecule has 0 spiro atoms. The molecule has 0 radical (unpaired) electrons. The third kappa shape index (κ3) is 3.10. The van der Waals surface area contributed by atoms with Gasteiger partial charge in [-0.25, -0.2) is 0 Å². The quantitative estimate of drug-likeness (QED) is 0.836. The van der Waals surface area contributed by atoms with Crippen molar-refractivity contribution in [1.82, 2.24) is 15.1 Å². The van der Waals surface area contributed by atoms with Crippen LogP contribution >= 0.6 is 24.2 Å². The number of carbonyl (C=O) groups is 2. The Kier molecular flexibility index (Phi) is 5.67. The van der Waals surface area contributed by atoms with Crippen molar-refractivity contribution in [2.75, 3.05) is 32.4 Å². The highest BCUT2D eigenvalue weighted by Crippen LogP contribution is 2.47. The summed E-state index contributed by atoms with van der Waals surface area (Å²) in [6, 6.07) is -0.226. The second-order valence-corrected chi connectivity index (χ2v) is 8.09. The van der Waals surface area contributed by atoms with Gasteiger partial charge < -0.3 is 15.1 Å². The summed E-state index contributed by atoms with van der Waals surface area (Å²) >= 11 is 1.78. The number of thioether (sulfide) groups is 1. The van der Waals surface area contributed by atoms with Crippen molar-refractivity contribution in [3.63, 3.8) is 0 Å². The predicted octanol–water partition coefficient (Wildman–Crippen LogP) is 1.32. The first kappa shape index (κ1) is 17.9. The lowest BCUT2D eigenvalue weighted by Gasteiger charge is -2.36. The number of fused-ring (bicyclic) bond motifs is 1. The Balaban J connectivity index is 0.00000176. The molecule has 5 nitrogen and oxygen atoms in total. The summed E-state index contributed by atoms with van der Waals surface area (Å²) in [5.41, 5.74) is 0. The van der Waals surface area contributed by atoms with E-state index in [-0.39, 0.29) is 35.1 Å². The normalized spacial score (nSPS) is 32.1. The summed E-state index contributed by atoms with van der Waals surface area (Å²) in [7, 11) is 1.98. The van der Waals surface area contributed by atoms with E-state index in [1.54, 1.807) is 11.8 Å². The fraction of sp³-hybridized carbons (Fsp3) is 0.867. The first-order chi connectivity index (χ1) is 10.0. The number of amides is 2. The molecule has 3 rings (SSSR count). The maximum atomic E-state index is 12.8. The van der Waals surface area contributed by atoms with Gasteiger partial charge in [0.15, 0.2) is 0 Å². The molecular weight excluding hydrogens is 322 g/mol. The number of likely N-dealkylation sites (tertiary alicyclic amines) is 1. The molecule has 0 aromatic heterocycles. The van der Waals surface area contributed by atoms with Crippen LogP contribution in [0.1, 0.15) is 32.6 Å². The monoisotopic (exact) mass is 347 g/mol. The van der Waals surface area contributed by atoms with Crippen molar-refractivity contribution in [1.29, 1.82) is 0 Å². The molecule has 126 valence electrons. The van der Waals surface area contributed by atoms with E-state index < -0.39 is 0 Å². The molecule has 1 N–H and O–H groups in total. The van der Waals surface area contributed by atoms with Gasteiger partial charge in [0.25, 0.3) is 0 Å². The summed E-state index contributed by atoms with van der Waals surface area (Å²) in [5.74, 6) is 1.77. The average Bonchev–Trinajstić information content (AvgIpc) is 2.97. The fourth-order valence-electron chi connectivity index (χ4n) is 3.86. The number of nitrogens with zero attached hydrogens (tertiary/aromatic N) is 2. The number of halogens is 1. The highest BCUT2D eigenvalue weighted by atomic mass is 35.5. The van der Waals surface area contributed by atoms with Crippen LogP contribution in [0.5, 0.6) is 0 Å². The lowest BCUT2D eigenvalue weighted by molar-refractivity contribution is -0.144. The van der Waals surface area contributed by atoms with Crippen molar-refractivity contribution in [3.05, 3.63) is 0 Å². The Labute approximate surface area is 142 Å². The van der Waals surface area contributed by atoms with Gasteiger partial charge in [0.2, 0.25) is 11.8 Å². The second kappa shape index (κ2) is 6.97. The molecular formula is C15H26ClN3O2S. The zero-order valence-electron chi connectivity index (χ0n) is 13.3. The van der Waals surface area contributed by atoms with Gasteiger partial charge in [-0.15, -0.1) is 24.2 Å². The molecule has 0 bridgehead atoms. The van der Waals surface area contributed by atoms with Gasteiger partial charge in [-0.3, -0.25) is 9.59 Å². The second-order valence-electron chi connectivity index (χ2n) is 6.59. The van der Waals surface area contributed by atoms with E-state index in [4.69, 9.17) is 0 Å². The van der Waals surface area contributed by atoms with Gasteiger partial charge in [-0.1, -0.05) is 0 Å². The number of carbonyl (C=O) groups excluding carboxylic acids is 2. The topological polar surface area (TPSA) is 52.7 Å².